The first-order chi connectivity index (χ1) is 11.1. The molecular formula is C18H33N3OS. The zero-order valence-electron chi connectivity index (χ0n) is 15.0. The van der Waals surface area contributed by atoms with Crippen LogP contribution in [-0.2, 0) is 0 Å². The summed E-state index contributed by atoms with van der Waals surface area (Å²) < 4.78 is 0. The fourth-order valence-electron chi connectivity index (χ4n) is 4.83. The van der Waals surface area contributed by atoms with Gasteiger partial charge < -0.3 is 15.1 Å². The van der Waals surface area contributed by atoms with Gasteiger partial charge in [-0.1, -0.05) is 13.3 Å². The van der Waals surface area contributed by atoms with Crippen molar-refractivity contribution in [2.75, 3.05) is 19.8 Å². The summed E-state index contributed by atoms with van der Waals surface area (Å²) in [6.07, 6.45) is 9.82. The van der Waals surface area contributed by atoms with E-state index in [0.29, 0.717) is 24.2 Å². The third kappa shape index (κ3) is 3.98. The van der Waals surface area contributed by atoms with Gasteiger partial charge in [-0.25, -0.2) is 4.79 Å². The number of rotatable bonds is 4. The number of nitrogens with zero attached hydrogens (tertiary/aromatic N) is 2. The Hall–Kier alpha value is -0.420. The van der Waals surface area contributed by atoms with Gasteiger partial charge in [0.15, 0.2) is 0 Å². The molecule has 1 aliphatic carbocycles. The van der Waals surface area contributed by atoms with E-state index in [0.717, 1.165) is 18.1 Å². The summed E-state index contributed by atoms with van der Waals surface area (Å²) >= 11 is 2.05. The second kappa shape index (κ2) is 7.64. The monoisotopic (exact) mass is 339 g/mol. The molecule has 1 saturated carbocycles. The van der Waals surface area contributed by atoms with Crippen LogP contribution in [0, 0.1) is 0 Å². The van der Waals surface area contributed by atoms with Gasteiger partial charge in [-0.3, -0.25) is 0 Å². The van der Waals surface area contributed by atoms with Crippen LogP contribution in [-0.4, -0.2) is 65.1 Å². The molecule has 1 unspecified atom stereocenters. The predicted molar refractivity (Wildman–Crippen MR) is 98.1 cm³/mol. The lowest BCUT2D eigenvalue weighted by Crippen LogP contribution is -2.57. The van der Waals surface area contributed by atoms with E-state index in [2.05, 4.69) is 35.9 Å². The maximum Gasteiger partial charge on any atom is 0.317 e. The summed E-state index contributed by atoms with van der Waals surface area (Å²) in [4.78, 5) is 17.2. The molecule has 4 nitrogen and oxygen atoms in total. The summed E-state index contributed by atoms with van der Waals surface area (Å²) in [5.74, 6) is 1.19. The predicted octanol–water partition coefficient (Wildman–Crippen LogP) is 3.32. The number of urea groups is 1. The highest BCUT2D eigenvalue weighted by Gasteiger charge is 2.37. The van der Waals surface area contributed by atoms with Gasteiger partial charge >= 0.3 is 6.03 Å². The molecule has 2 amide bonds. The largest absolute Gasteiger partial charge is 0.335 e. The van der Waals surface area contributed by atoms with E-state index in [1.165, 1.54) is 44.3 Å². The van der Waals surface area contributed by atoms with E-state index >= 15 is 0 Å². The molecule has 2 aliphatic heterocycles. The normalized spacial score (nSPS) is 37.6. The Morgan fingerprint density at radius 1 is 1.17 bits per heavy atom. The van der Waals surface area contributed by atoms with Gasteiger partial charge in [0.2, 0.25) is 0 Å². The maximum atomic E-state index is 12.7. The van der Waals surface area contributed by atoms with Crippen molar-refractivity contribution in [2.45, 2.75) is 87.7 Å². The number of carbonyl (C=O) groups excluding carboxylic acids is 1. The van der Waals surface area contributed by atoms with Crippen LogP contribution in [0.4, 0.5) is 4.79 Å². The SMILES string of the molecule is CCS[C@@H]1CC[C@H](N(C)C(=O)NC2C[C@H]3CCC[C@@H](C2)N3C)C1. The molecule has 3 fully saturated rings. The summed E-state index contributed by atoms with van der Waals surface area (Å²) in [5, 5.41) is 4.10. The lowest BCUT2D eigenvalue weighted by molar-refractivity contribution is 0.0492. The van der Waals surface area contributed by atoms with E-state index in [4.69, 9.17) is 0 Å². The fourth-order valence-corrected chi connectivity index (χ4v) is 5.96. The minimum absolute atomic E-state index is 0.157. The molecule has 132 valence electrons. The number of hydrogen-bond donors (Lipinski definition) is 1. The smallest absolute Gasteiger partial charge is 0.317 e. The first-order valence-electron chi connectivity index (χ1n) is 9.45. The topological polar surface area (TPSA) is 35.6 Å². The second-order valence-electron chi connectivity index (χ2n) is 7.68. The molecule has 1 N–H and O–H groups in total. The number of carbonyl (C=O) groups is 1. The van der Waals surface area contributed by atoms with Crippen molar-refractivity contribution in [3.63, 3.8) is 0 Å². The molecule has 0 aromatic heterocycles. The number of amides is 2. The van der Waals surface area contributed by atoms with Crippen LogP contribution in [0.2, 0.25) is 0 Å². The molecule has 5 atom stereocenters. The van der Waals surface area contributed by atoms with Crippen LogP contribution < -0.4 is 5.32 Å². The van der Waals surface area contributed by atoms with Crippen molar-refractivity contribution in [3.8, 4) is 0 Å². The second-order valence-corrected chi connectivity index (χ2v) is 9.25. The Morgan fingerprint density at radius 2 is 1.87 bits per heavy atom. The summed E-state index contributed by atoms with van der Waals surface area (Å²) in [6.45, 7) is 2.23. The molecule has 3 rings (SSSR count). The van der Waals surface area contributed by atoms with E-state index in [1.54, 1.807) is 0 Å². The zero-order chi connectivity index (χ0) is 16.4. The van der Waals surface area contributed by atoms with Gasteiger partial charge in [0, 0.05) is 36.5 Å². The highest BCUT2D eigenvalue weighted by Crippen LogP contribution is 2.34. The van der Waals surface area contributed by atoms with Crippen molar-refractivity contribution >= 4 is 17.8 Å². The summed E-state index contributed by atoms with van der Waals surface area (Å²) in [5.41, 5.74) is 0. The van der Waals surface area contributed by atoms with E-state index in [9.17, 15) is 4.79 Å². The van der Waals surface area contributed by atoms with Gasteiger partial charge in [-0.15, -0.1) is 0 Å². The zero-order valence-corrected chi connectivity index (χ0v) is 15.8. The third-order valence-corrected chi connectivity index (χ3v) is 7.53. The number of nitrogens with one attached hydrogen (secondary N) is 1. The molecule has 3 aliphatic rings. The summed E-state index contributed by atoms with van der Waals surface area (Å²) in [7, 11) is 4.26. The highest BCUT2D eigenvalue weighted by atomic mass is 32.2. The fraction of sp³-hybridized carbons (Fsp3) is 0.944. The molecule has 23 heavy (non-hydrogen) atoms. The van der Waals surface area contributed by atoms with Crippen LogP contribution >= 0.6 is 11.8 Å². The quantitative estimate of drug-likeness (QED) is 0.853. The molecule has 0 aromatic carbocycles. The van der Waals surface area contributed by atoms with Gasteiger partial charge in [-0.05, 0) is 57.7 Å². The molecule has 0 spiro atoms. The van der Waals surface area contributed by atoms with Crippen LogP contribution in [0.5, 0.6) is 0 Å². The van der Waals surface area contributed by atoms with Gasteiger partial charge in [0.05, 0.1) is 0 Å². The molecule has 2 saturated heterocycles. The molecule has 5 heteroatoms. The molecule has 2 heterocycles. The van der Waals surface area contributed by atoms with Crippen molar-refractivity contribution in [3.05, 3.63) is 0 Å². The van der Waals surface area contributed by atoms with Crippen LogP contribution in [0.15, 0.2) is 0 Å². The van der Waals surface area contributed by atoms with Crippen molar-refractivity contribution in [1.82, 2.24) is 15.1 Å². The first-order valence-corrected chi connectivity index (χ1v) is 10.5. The van der Waals surface area contributed by atoms with Crippen molar-refractivity contribution in [2.24, 2.45) is 0 Å². The van der Waals surface area contributed by atoms with Crippen molar-refractivity contribution in [1.29, 1.82) is 0 Å². The van der Waals surface area contributed by atoms with Gasteiger partial charge in [0.1, 0.15) is 0 Å². The van der Waals surface area contributed by atoms with Crippen LogP contribution in [0.3, 0.4) is 0 Å². The number of fused-ring (bicyclic) bond motifs is 2. The molecule has 2 bridgehead atoms. The number of hydrogen-bond acceptors (Lipinski definition) is 3. The molecule has 0 radical (unpaired) electrons. The van der Waals surface area contributed by atoms with Crippen LogP contribution in [0.25, 0.3) is 0 Å². The maximum absolute atomic E-state index is 12.7. The van der Waals surface area contributed by atoms with Crippen molar-refractivity contribution < 1.29 is 4.79 Å². The minimum atomic E-state index is 0.157. The van der Waals surface area contributed by atoms with Gasteiger partial charge in [-0.2, -0.15) is 11.8 Å². The Labute approximate surface area is 145 Å². The average Bonchev–Trinajstić information content (AvgIpc) is 2.96. The van der Waals surface area contributed by atoms with Gasteiger partial charge in [0.25, 0.3) is 0 Å². The average molecular weight is 340 g/mol. The first kappa shape index (κ1) is 17.4. The van der Waals surface area contributed by atoms with E-state index in [1.807, 2.05) is 11.9 Å². The van der Waals surface area contributed by atoms with E-state index < -0.39 is 0 Å². The molecule has 0 aromatic rings. The van der Waals surface area contributed by atoms with E-state index in [-0.39, 0.29) is 6.03 Å². The number of thioether (sulfide) groups is 1. The highest BCUT2D eigenvalue weighted by molar-refractivity contribution is 7.99. The Bertz CT molecular complexity index is 405. The van der Waals surface area contributed by atoms with Crippen LogP contribution in [0.1, 0.15) is 58.3 Å². The molecular weight excluding hydrogens is 306 g/mol. The lowest BCUT2D eigenvalue weighted by atomic mass is 9.82. The lowest BCUT2D eigenvalue weighted by Gasteiger charge is -2.47. The standard InChI is InChI=1S/C18H33N3OS/c1-4-23-17-9-8-16(12-17)21(3)18(22)19-13-10-14-6-5-7-15(11-13)20(14)2/h13-17H,4-12H2,1-3H3,(H,19,22)/t13?,14-,15+,16-,17+/m0/s1. The minimum Gasteiger partial charge on any atom is -0.335 e. The Morgan fingerprint density at radius 3 is 2.52 bits per heavy atom. The number of piperidine rings is 2. The Kier molecular flexibility index (Phi) is 5.78. The summed E-state index contributed by atoms with van der Waals surface area (Å²) in [6, 6.07) is 2.32. The third-order valence-electron chi connectivity index (χ3n) is 6.29. The Balaban J connectivity index is 1.49.